The second kappa shape index (κ2) is 7.16. The van der Waals surface area contributed by atoms with Crippen molar-refractivity contribution in [1.29, 1.82) is 0 Å². The predicted octanol–water partition coefficient (Wildman–Crippen LogP) is 1.72. The maximum absolute atomic E-state index is 13.2. The average molecular weight is 348 g/mol. The Kier molecular flexibility index (Phi) is 4.78. The molecule has 0 saturated carbocycles. The number of nitrogens with one attached hydrogen (secondary N) is 1. The monoisotopic (exact) mass is 348 g/mol. The van der Waals surface area contributed by atoms with E-state index < -0.39 is 11.6 Å². The van der Waals surface area contributed by atoms with Crippen molar-refractivity contribution in [3.05, 3.63) is 47.6 Å². The molecule has 0 radical (unpaired) electrons. The second-order valence-electron chi connectivity index (χ2n) is 5.34. The molecule has 0 aliphatic carbocycles. The molecular formula is C15H14F2N6O2. The number of rotatable bonds is 6. The van der Waals surface area contributed by atoms with Gasteiger partial charge in [0.2, 0.25) is 17.6 Å². The van der Waals surface area contributed by atoms with Crippen molar-refractivity contribution in [2.75, 3.05) is 7.05 Å². The number of H-pyrrole nitrogens is 1. The number of aromatic amines is 1. The van der Waals surface area contributed by atoms with Gasteiger partial charge in [-0.25, -0.2) is 13.8 Å². The molecule has 1 amide bonds. The third kappa shape index (κ3) is 4.03. The third-order valence-corrected chi connectivity index (χ3v) is 3.48. The first-order valence-electron chi connectivity index (χ1n) is 7.39. The van der Waals surface area contributed by atoms with Crippen molar-refractivity contribution in [3.8, 4) is 11.6 Å². The molecule has 2 aromatic heterocycles. The topological polar surface area (TPSA) is 101 Å². The molecule has 1 aromatic carbocycles. The molecule has 0 aliphatic rings. The highest BCUT2D eigenvalue weighted by atomic mass is 19.2. The van der Waals surface area contributed by atoms with E-state index in [0.29, 0.717) is 17.3 Å². The van der Waals surface area contributed by atoms with Crippen LogP contribution in [0.4, 0.5) is 8.78 Å². The minimum absolute atomic E-state index is 0.137. The standard InChI is InChI=1S/C15H14F2N6O2/c1-23(7-9-2-3-10(16)11(17)6-9)13(24)5-4-12-20-15(22-25-12)14-18-8-19-21-14/h2-3,6,8H,4-5,7H2,1H3,(H,18,19,21). The molecule has 0 fully saturated rings. The minimum atomic E-state index is -0.941. The summed E-state index contributed by atoms with van der Waals surface area (Å²) in [7, 11) is 1.58. The number of nitrogens with zero attached hydrogens (tertiary/aromatic N) is 5. The molecule has 130 valence electrons. The summed E-state index contributed by atoms with van der Waals surface area (Å²) in [6.07, 6.45) is 1.71. The SMILES string of the molecule is CN(Cc1ccc(F)c(F)c1)C(=O)CCc1nc(-c2ncn[nH]2)no1. The minimum Gasteiger partial charge on any atom is -0.341 e. The van der Waals surface area contributed by atoms with Gasteiger partial charge in [-0.2, -0.15) is 10.1 Å². The van der Waals surface area contributed by atoms with Gasteiger partial charge in [-0.15, -0.1) is 0 Å². The second-order valence-corrected chi connectivity index (χ2v) is 5.34. The lowest BCUT2D eigenvalue weighted by atomic mass is 10.2. The molecule has 10 heteroatoms. The van der Waals surface area contributed by atoms with E-state index in [1.807, 2.05) is 0 Å². The molecule has 1 N–H and O–H groups in total. The molecule has 3 aromatic rings. The maximum Gasteiger partial charge on any atom is 0.239 e. The highest BCUT2D eigenvalue weighted by Gasteiger charge is 2.15. The van der Waals surface area contributed by atoms with Gasteiger partial charge in [0.15, 0.2) is 17.5 Å². The van der Waals surface area contributed by atoms with Gasteiger partial charge in [-0.1, -0.05) is 11.2 Å². The summed E-state index contributed by atoms with van der Waals surface area (Å²) in [6.45, 7) is 0.170. The lowest BCUT2D eigenvalue weighted by molar-refractivity contribution is -0.130. The Morgan fingerprint density at radius 3 is 2.88 bits per heavy atom. The number of aromatic nitrogens is 5. The number of carbonyl (C=O) groups is 1. The van der Waals surface area contributed by atoms with Crippen molar-refractivity contribution >= 4 is 5.91 Å². The van der Waals surface area contributed by atoms with Crippen LogP contribution in [0.25, 0.3) is 11.6 Å². The number of amides is 1. The van der Waals surface area contributed by atoms with Crippen molar-refractivity contribution in [1.82, 2.24) is 30.2 Å². The van der Waals surface area contributed by atoms with E-state index in [4.69, 9.17) is 4.52 Å². The van der Waals surface area contributed by atoms with Crippen molar-refractivity contribution in [3.63, 3.8) is 0 Å². The zero-order chi connectivity index (χ0) is 17.8. The fourth-order valence-electron chi connectivity index (χ4n) is 2.17. The van der Waals surface area contributed by atoms with Crippen LogP contribution in [0.15, 0.2) is 29.0 Å². The quantitative estimate of drug-likeness (QED) is 0.728. The van der Waals surface area contributed by atoms with Gasteiger partial charge < -0.3 is 9.42 Å². The Bertz CT molecular complexity index is 865. The van der Waals surface area contributed by atoms with E-state index in [1.54, 1.807) is 7.05 Å². The summed E-state index contributed by atoms with van der Waals surface area (Å²) in [5.74, 6) is -1.13. The molecular weight excluding hydrogens is 334 g/mol. The number of hydrogen-bond donors (Lipinski definition) is 1. The first-order chi connectivity index (χ1) is 12.0. The Hall–Kier alpha value is -3.17. The van der Waals surface area contributed by atoms with Crippen molar-refractivity contribution < 1.29 is 18.1 Å². The van der Waals surface area contributed by atoms with Crippen LogP contribution in [-0.2, 0) is 17.8 Å². The van der Waals surface area contributed by atoms with Crippen LogP contribution in [0.5, 0.6) is 0 Å². The summed E-state index contributed by atoms with van der Waals surface area (Å²) < 4.78 is 31.2. The molecule has 0 atom stereocenters. The summed E-state index contributed by atoms with van der Waals surface area (Å²) in [5, 5.41) is 10.0. The van der Waals surface area contributed by atoms with Crippen LogP contribution in [-0.4, -0.2) is 43.2 Å². The first kappa shape index (κ1) is 16.7. The molecule has 0 spiro atoms. The van der Waals surface area contributed by atoms with Gasteiger partial charge in [0.25, 0.3) is 0 Å². The van der Waals surface area contributed by atoms with Crippen LogP contribution in [0.1, 0.15) is 17.9 Å². The number of hydrogen-bond acceptors (Lipinski definition) is 6. The molecule has 3 rings (SSSR count). The number of benzene rings is 1. The normalized spacial score (nSPS) is 10.8. The number of halogens is 2. The number of aryl methyl sites for hydroxylation is 1. The van der Waals surface area contributed by atoms with Gasteiger partial charge in [0.1, 0.15) is 6.33 Å². The van der Waals surface area contributed by atoms with E-state index in [9.17, 15) is 13.6 Å². The van der Waals surface area contributed by atoms with E-state index >= 15 is 0 Å². The molecule has 25 heavy (non-hydrogen) atoms. The summed E-state index contributed by atoms with van der Waals surface area (Å²) in [6, 6.07) is 3.54. The summed E-state index contributed by atoms with van der Waals surface area (Å²) >= 11 is 0. The van der Waals surface area contributed by atoms with Gasteiger partial charge in [0.05, 0.1) is 0 Å². The van der Waals surface area contributed by atoms with Gasteiger partial charge in [-0.3, -0.25) is 9.89 Å². The van der Waals surface area contributed by atoms with Crippen molar-refractivity contribution in [2.45, 2.75) is 19.4 Å². The Morgan fingerprint density at radius 1 is 1.32 bits per heavy atom. The highest BCUT2D eigenvalue weighted by molar-refractivity contribution is 5.76. The lowest BCUT2D eigenvalue weighted by Crippen LogP contribution is -2.26. The van der Waals surface area contributed by atoms with Gasteiger partial charge in [-0.05, 0) is 17.7 Å². The Morgan fingerprint density at radius 2 is 2.16 bits per heavy atom. The molecule has 2 heterocycles. The van der Waals surface area contributed by atoms with Crippen molar-refractivity contribution in [2.24, 2.45) is 0 Å². The summed E-state index contributed by atoms with van der Waals surface area (Å²) in [4.78, 5) is 21.6. The van der Waals surface area contributed by atoms with E-state index in [-0.39, 0.29) is 31.1 Å². The molecule has 8 nitrogen and oxygen atoms in total. The fraction of sp³-hybridized carbons (Fsp3) is 0.267. The average Bonchev–Trinajstić information content (AvgIpc) is 3.26. The van der Waals surface area contributed by atoms with E-state index in [0.717, 1.165) is 12.1 Å². The Labute approximate surface area is 140 Å². The van der Waals surface area contributed by atoms with Crippen LogP contribution < -0.4 is 0 Å². The van der Waals surface area contributed by atoms with E-state index in [2.05, 4.69) is 25.3 Å². The largest absolute Gasteiger partial charge is 0.341 e. The third-order valence-electron chi connectivity index (χ3n) is 3.48. The fourth-order valence-corrected chi connectivity index (χ4v) is 2.17. The molecule has 0 bridgehead atoms. The Balaban J connectivity index is 1.54. The zero-order valence-corrected chi connectivity index (χ0v) is 13.2. The van der Waals surface area contributed by atoms with E-state index in [1.165, 1.54) is 17.3 Å². The van der Waals surface area contributed by atoms with Crippen LogP contribution >= 0.6 is 0 Å². The highest BCUT2D eigenvalue weighted by Crippen LogP contribution is 2.13. The van der Waals surface area contributed by atoms with Crippen LogP contribution in [0.2, 0.25) is 0 Å². The first-order valence-corrected chi connectivity index (χ1v) is 7.39. The maximum atomic E-state index is 13.2. The van der Waals surface area contributed by atoms with Crippen LogP contribution in [0.3, 0.4) is 0 Å². The molecule has 0 unspecified atom stereocenters. The van der Waals surface area contributed by atoms with Gasteiger partial charge >= 0.3 is 0 Å². The number of carbonyl (C=O) groups excluding carboxylic acids is 1. The predicted molar refractivity (Wildman–Crippen MR) is 80.8 cm³/mol. The lowest BCUT2D eigenvalue weighted by Gasteiger charge is -2.17. The molecule has 0 aliphatic heterocycles. The van der Waals surface area contributed by atoms with Crippen LogP contribution in [0, 0.1) is 11.6 Å². The zero-order valence-electron chi connectivity index (χ0n) is 13.2. The smallest absolute Gasteiger partial charge is 0.239 e. The molecule has 0 saturated heterocycles. The van der Waals surface area contributed by atoms with Gasteiger partial charge in [0, 0.05) is 26.4 Å². The summed E-state index contributed by atoms with van der Waals surface area (Å²) in [5.41, 5.74) is 0.500.